The third kappa shape index (κ3) is 1.77. The van der Waals surface area contributed by atoms with E-state index < -0.39 is 11.5 Å². The highest BCUT2D eigenvalue weighted by atomic mass is 16.4. The maximum Gasteiger partial charge on any atom is 0.322 e. The van der Waals surface area contributed by atoms with Crippen molar-refractivity contribution < 1.29 is 9.90 Å². The van der Waals surface area contributed by atoms with Crippen molar-refractivity contribution in [3.05, 3.63) is 16.7 Å². The summed E-state index contributed by atoms with van der Waals surface area (Å²) in [6, 6.07) is 0. The zero-order valence-corrected chi connectivity index (χ0v) is 7.44. The van der Waals surface area contributed by atoms with Crippen LogP contribution in [-0.2, 0) is 4.79 Å². The number of H-pyrrole nitrogens is 2. The zero-order chi connectivity index (χ0) is 10.8. The molecule has 0 atom stereocenters. The maximum atomic E-state index is 11.4. The first-order valence-electron chi connectivity index (χ1n) is 4.06. The van der Waals surface area contributed by atoms with E-state index in [9.17, 15) is 9.59 Å². The summed E-state index contributed by atoms with van der Waals surface area (Å²) in [6.45, 7) is -0.321. The lowest BCUT2D eigenvalue weighted by Crippen LogP contribution is -2.18. The van der Waals surface area contributed by atoms with E-state index in [4.69, 9.17) is 5.11 Å². The molecule has 0 aliphatic heterocycles. The third-order valence-electron chi connectivity index (χ3n) is 1.70. The highest BCUT2D eigenvalue weighted by Crippen LogP contribution is 2.01. The lowest BCUT2D eigenvalue weighted by Gasteiger charge is -2.00. The normalized spacial score (nSPS) is 10.4. The number of aliphatic carboxylic acids is 1. The molecule has 2 aromatic rings. The molecule has 0 aliphatic carbocycles. The van der Waals surface area contributed by atoms with Gasteiger partial charge < -0.3 is 15.4 Å². The summed E-state index contributed by atoms with van der Waals surface area (Å²) >= 11 is 0. The maximum absolute atomic E-state index is 11.4. The summed E-state index contributed by atoms with van der Waals surface area (Å²) in [5.41, 5.74) is 0.105. The Balaban J connectivity index is 2.36. The summed E-state index contributed by atoms with van der Waals surface area (Å²) in [4.78, 5) is 34.3. The molecule has 8 nitrogen and oxygen atoms in total. The molecule has 8 heteroatoms. The Kier molecular flexibility index (Phi) is 2.08. The van der Waals surface area contributed by atoms with E-state index in [2.05, 4.69) is 25.3 Å². The average Bonchev–Trinajstić information content (AvgIpc) is 2.63. The van der Waals surface area contributed by atoms with Crippen molar-refractivity contribution in [3.63, 3.8) is 0 Å². The number of carbonyl (C=O) groups is 1. The third-order valence-corrected chi connectivity index (χ3v) is 1.70. The Labute approximate surface area is 82.4 Å². The van der Waals surface area contributed by atoms with Crippen molar-refractivity contribution in [2.24, 2.45) is 0 Å². The van der Waals surface area contributed by atoms with Gasteiger partial charge in [-0.2, -0.15) is 4.98 Å². The Bertz CT molecular complexity index is 557. The van der Waals surface area contributed by atoms with Gasteiger partial charge >= 0.3 is 5.97 Å². The van der Waals surface area contributed by atoms with E-state index >= 15 is 0 Å². The van der Waals surface area contributed by atoms with Gasteiger partial charge in [0, 0.05) is 0 Å². The van der Waals surface area contributed by atoms with E-state index in [1.807, 2.05) is 0 Å². The van der Waals surface area contributed by atoms with Gasteiger partial charge in [-0.25, -0.2) is 4.98 Å². The van der Waals surface area contributed by atoms with Gasteiger partial charge in [0.15, 0.2) is 11.2 Å². The van der Waals surface area contributed by atoms with E-state index in [1.54, 1.807) is 0 Å². The summed E-state index contributed by atoms with van der Waals surface area (Å²) in [5.74, 6) is -0.957. The number of hydrogen-bond donors (Lipinski definition) is 4. The standard InChI is InChI=1S/C7H7N5O3/c13-3(14)1-8-7-11-5-4(6(15)12-7)9-2-10-5/h2H,1H2,(H,13,14)(H3,8,9,10,11,12,15). The first-order valence-corrected chi connectivity index (χ1v) is 4.06. The van der Waals surface area contributed by atoms with Crippen LogP contribution in [0.25, 0.3) is 11.2 Å². The fraction of sp³-hybridized carbons (Fsp3) is 0.143. The van der Waals surface area contributed by atoms with Crippen LogP contribution in [0.5, 0.6) is 0 Å². The second-order valence-corrected chi connectivity index (χ2v) is 2.76. The van der Waals surface area contributed by atoms with Gasteiger partial charge in [0.1, 0.15) is 6.54 Å². The lowest BCUT2D eigenvalue weighted by molar-refractivity contribution is -0.134. The molecule has 0 fully saturated rings. The molecule has 0 radical (unpaired) electrons. The minimum absolute atomic E-state index is 0.0852. The molecule has 2 aromatic heterocycles. The number of aromatic nitrogens is 4. The van der Waals surface area contributed by atoms with Gasteiger partial charge in [-0.3, -0.25) is 14.6 Å². The van der Waals surface area contributed by atoms with Crippen LogP contribution >= 0.6 is 0 Å². The molecule has 2 rings (SSSR count). The topological polar surface area (TPSA) is 124 Å². The van der Waals surface area contributed by atoms with E-state index in [-0.39, 0.29) is 23.7 Å². The molecule has 0 unspecified atom stereocenters. The number of rotatable bonds is 3. The molecular formula is C7H7N5O3. The Morgan fingerprint density at radius 2 is 2.40 bits per heavy atom. The van der Waals surface area contributed by atoms with Crippen LogP contribution in [0.4, 0.5) is 5.95 Å². The number of nitrogens with zero attached hydrogens (tertiary/aromatic N) is 2. The van der Waals surface area contributed by atoms with Gasteiger partial charge in [-0.05, 0) is 0 Å². The summed E-state index contributed by atoms with van der Waals surface area (Å²) in [7, 11) is 0. The monoisotopic (exact) mass is 209 g/mol. The molecule has 15 heavy (non-hydrogen) atoms. The van der Waals surface area contributed by atoms with Crippen molar-refractivity contribution in [2.75, 3.05) is 11.9 Å². The van der Waals surface area contributed by atoms with E-state index in [1.165, 1.54) is 6.33 Å². The van der Waals surface area contributed by atoms with Crippen molar-refractivity contribution >= 4 is 23.1 Å². The molecule has 0 aromatic carbocycles. The molecule has 0 aliphatic rings. The minimum atomic E-state index is -1.04. The molecule has 0 saturated heterocycles. The van der Waals surface area contributed by atoms with Crippen LogP contribution < -0.4 is 10.9 Å². The second-order valence-electron chi connectivity index (χ2n) is 2.76. The van der Waals surface area contributed by atoms with E-state index in [0.29, 0.717) is 0 Å². The van der Waals surface area contributed by atoms with Gasteiger partial charge in [0.2, 0.25) is 5.95 Å². The summed E-state index contributed by atoms with van der Waals surface area (Å²) in [5, 5.41) is 10.9. The highest BCUT2D eigenvalue weighted by Gasteiger charge is 2.05. The average molecular weight is 209 g/mol. The molecule has 0 bridgehead atoms. The number of fused-ring (bicyclic) bond motifs is 1. The number of imidazole rings is 1. The van der Waals surface area contributed by atoms with Crippen molar-refractivity contribution in [2.45, 2.75) is 0 Å². The number of hydrogen-bond acceptors (Lipinski definition) is 5. The number of carboxylic acids is 1. The second kappa shape index (κ2) is 3.40. The van der Waals surface area contributed by atoms with Gasteiger partial charge in [0.05, 0.1) is 6.33 Å². The SMILES string of the molecule is O=C(O)CNc1nc2nc[nH]c2c(=O)[nH]1. The molecule has 2 heterocycles. The van der Waals surface area contributed by atoms with Gasteiger partial charge in [0.25, 0.3) is 5.56 Å². The van der Waals surface area contributed by atoms with Crippen LogP contribution in [0, 0.1) is 0 Å². The first kappa shape index (κ1) is 9.19. The largest absolute Gasteiger partial charge is 0.480 e. The molecule has 78 valence electrons. The Morgan fingerprint density at radius 1 is 1.60 bits per heavy atom. The van der Waals surface area contributed by atoms with Gasteiger partial charge in [-0.1, -0.05) is 0 Å². The number of anilines is 1. The summed E-state index contributed by atoms with van der Waals surface area (Å²) < 4.78 is 0. The lowest BCUT2D eigenvalue weighted by atomic mass is 10.5. The fourth-order valence-corrected chi connectivity index (χ4v) is 1.09. The highest BCUT2D eigenvalue weighted by molar-refractivity contribution is 5.73. The van der Waals surface area contributed by atoms with Crippen LogP contribution in [0.1, 0.15) is 0 Å². The van der Waals surface area contributed by atoms with Gasteiger partial charge in [-0.15, -0.1) is 0 Å². The van der Waals surface area contributed by atoms with Crippen molar-refractivity contribution in [1.82, 2.24) is 19.9 Å². The van der Waals surface area contributed by atoms with E-state index in [0.717, 1.165) is 0 Å². The quantitative estimate of drug-likeness (QED) is 0.521. The number of carboxylic acid groups (broad SMARTS) is 1. The first-order chi connectivity index (χ1) is 7.16. The van der Waals surface area contributed by atoms with Crippen molar-refractivity contribution in [1.29, 1.82) is 0 Å². The van der Waals surface area contributed by atoms with Crippen molar-refractivity contribution in [3.8, 4) is 0 Å². The molecular weight excluding hydrogens is 202 g/mol. The molecule has 0 saturated carbocycles. The molecule has 4 N–H and O–H groups in total. The molecule has 0 spiro atoms. The predicted octanol–water partition coefficient (Wildman–Crippen LogP) is -0.857. The number of nitrogens with one attached hydrogen (secondary N) is 3. The predicted molar refractivity (Wildman–Crippen MR) is 50.6 cm³/mol. The Hall–Kier alpha value is -2.38. The van der Waals surface area contributed by atoms with Crippen LogP contribution in [0.3, 0.4) is 0 Å². The zero-order valence-electron chi connectivity index (χ0n) is 7.44. The Morgan fingerprint density at radius 3 is 3.13 bits per heavy atom. The van der Waals surface area contributed by atoms with Crippen LogP contribution in [0.15, 0.2) is 11.1 Å². The minimum Gasteiger partial charge on any atom is -0.480 e. The fourth-order valence-electron chi connectivity index (χ4n) is 1.09. The molecule has 0 amide bonds. The smallest absolute Gasteiger partial charge is 0.322 e. The van der Waals surface area contributed by atoms with Crippen LogP contribution in [0.2, 0.25) is 0 Å². The summed E-state index contributed by atoms with van der Waals surface area (Å²) in [6.07, 6.45) is 1.34. The van der Waals surface area contributed by atoms with Crippen LogP contribution in [-0.4, -0.2) is 37.6 Å². The number of aromatic amines is 2.